The summed E-state index contributed by atoms with van der Waals surface area (Å²) in [5.74, 6) is 0.752. The van der Waals surface area contributed by atoms with Gasteiger partial charge in [-0.05, 0) is 17.3 Å². The van der Waals surface area contributed by atoms with Gasteiger partial charge in [-0.25, -0.2) is 0 Å². The lowest BCUT2D eigenvalue weighted by Crippen LogP contribution is -2.46. The van der Waals surface area contributed by atoms with E-state index >= 15 is 0 Å². The molecule has 3 rings (SSSR count). The molecule has 1 aromatic heterocycles. The molecule has 0 spiro atoms. The number of aryl methyl sites for hydroxylation is 1. The van der Waals surface area contributed by atoms with Crippen molar-refractivity contribution in [2.45, 2.75) is 6.54 Å². The molecule has 0 radical (unpaired) electrons. The fourth-order valence-corrected chi connectivity index (χ4v) is 3.14. The summed E-state index contributed by atoms with van der Waals surface area (Å²) in [4.78, 5) is 6.01. The number of nitrogens with zero attached hydrogens (tertiary/aromatic N) is 6. The molecule has 112 valence electrons. The molecule has 6 nitrogen and oxygen atoms in total. The molecular weight excluding hydrogens is 311 g/mol. The second-order valence-corrected chi connectivity index (χ2v) is 5.84. The molecule has 0 aliphatic carbocycles. The topological polar surface area (TPSA) is 50.1 Å². The van der Waals surface area contributed by atoms with Crippen molar-refractivity contribution in [1.29, 1.82) is 0 Å². The zero-order valence-electron chi connectivity index (χ0n) is 11.7. The molecule has 0 unspecified atom stereocenters. The molecular formula is C13H16Cl2N6. The number of hydrogen-bond donors (Lipinski definition) is 0. The van der Waals surface area contributed by atoms with Crippen LogP contribution in [0, 0.1) is 0 Å². The first-order valence-corrected chi connectivity index (χ1v) is 7.53. The van der Waals surface area contributed by atoms with Crippen LogP contribution in [-0.4, -0.2) is 51.3 Å². The maximum atomic E-state index is 6.26. The molecule has 0 saturated carbocycles. The minimum Gasteiger partial charge on any atom is -0.367 e. The smallest absolute Gasteiger partial charge is 0.188 e. The van der Waals surface area contributed by atoms with E-state index in [-0.39, 0.29) is 0 Å². The number of tetrazole rings is 1. The van der Waals surface area contributed by atoms with Crippen molar-refractivity contribution in [3.63, 3.8) is 0 Å². The Morgan fingerprint density at radius 3 is 2.33 bits per heavy atom. The van der Waals surface area contributed by atoms with Crippen LogP contribution in [0.3, 0.4) is 0 Å². The summed E-state index contributed by atoms with van der Waals surface area (Å²) >= 11 is 12.5. The first-order valence-electron chi connectivity index (χ1n) is 6.77. The Bertz CT molecular complexity index is 601. The number of rotatable bonds is 3. The van der Waals surface area contributed by atoms with Gasteiger partial charge in [0, 0.05) is 26.2 Å². The molecule has 1 aromatic carbocycles. The number of piperazine rings is 1. The highest BCUT2D eigenvalue weighted by Gasteiger charge is 2.21. The molecule has 0 amide bonds. The van der Waals surface area contributed by atoms with E-state index in [2.05, 4.69) is 25.2 Å². The predicted octanol–water partition coefficient (Wildman–Crippen LogP) is 1.84. The third-order valence-electron chi connectivity index (χ3n) is 3.54. The third kappa shape index (κ3) is 3.28. The molecule has 0 N–H and O–H groups in total. The predicted molar refractivity (Wildman–Crippen MR) is 82.8 cm³/mol. The minimum absolute atomic E-state index is 0.701. The average Bonchev–Trinajstić information content (AvgIpc) is 2.86. The molecule has 21 heavy (non-hydrogen) atoms. The Balaban J connectivity index is 1.62. The monoisotopic (exact) mass is 326 g/mol. The first-order chi connectivity index (χ1) is 10.1. The molecule has 1 aliphatic heterocycles. The summed E-state index contributed by atoms with van der Waals surface area (Å²) in [6.45, 7) is 4.31. The minimum atomic E-state index is 0.701. The van der Waals surface area contributed by atoms with Crippen molar-refractivity contribution in [1.82, 2.24) is 25.1 Å². The fourth-order valence-electron chi connectivity index (χ4n) is 2.51. The van der Waals surface area contributed by atoms with Gasteiger partial charge in [0.15, 0.2) is 5.82 Å². The van der Waals surface area contributed by atoms with Gasteiger partial charge in [-0.15, -0.1) is 10.2 Å². The highest BCUT2D eigenvalue weighted by atomic mass is 35.5. The van der Waals surface area contributed by atoms with Crippen LogP contribution in [0.15, 0.2) is 18.2 Å². The highest BCUT2D eigenvalue weighted by Crippen LogP contribution is 2.33. The number of aromatic nitrogens is 4. The van der Waals surface area contributed by atoms with Gasteiger partial charge >= 0.3 is 0 Å². The van der Waals surface area contributed by atoms with E-state index in [4.69, 9.17) is 23.2 Å². The Labute approximate surface area is 133 Å². The van der Waals surface area contributed by atoms with Gasteiger partial charge in [0.1, 0.15) is 0 Å². The van der Waals surface area contributed by atoms with Crippen LogP contribution in [-0.2, 0) is 13.6 Å². The Morgan fingerprint density at radius 1 is 1.10 bits per heavy atom. The number of halogens is 2. The standard InChI is InChI=1S/C13H16Cl2N6/c1-19-17-12(16-18-19)9-20-5-7-21(8-6-20)13-10(14)3-2-4-11(13)15/h2-4H,5-9H2,1H3. The van der Waals surface area contributed by atoms with E-state index in [1.807, 2.05) is 18.2 Å². The number of anilines is 1. The molecule has 1 aliphatic rings. The molecule has 0 atom stereocenters. The second-order valence-electron chi connectivity index (χ2n) is 5.03. The first kappa shape index (κ1) is 14.6. The lowest BCUT2D eigenvalue weighted by molar-refractivity contribution is 0.244. The van der Waals surface area contributed by atoms with Crippen LogP contribution in [0.25, 0.3) is 0 Å². The van der Waals surface area contributed by atoms with Crippen LogP contribution in [0.4, 0.5) is 5.69 Å². The van der Waals surface area contributed by atoms with Crippen molar-refractivity contribution in [3.05, 3.63) is 34.1 Å². The largest absolute Gasteiger partial charge is 0.367 e. The fraction of sp³-hybridized carbons (Fsp3) is 0.462. The molecule has 2 aromatic rings. The summed E-state index contributed by atoms with van der Waals surface area (Å²) < 4.78 is 0. The maximum Gasteiger partial charge on any atom is 0.188 e. The van der Waals surface area contributed by atoms with Gasteiger partial charge in [0.05, 0.1) is 29.3 Å². The zero-order chi connectivity index (χ0) is 14.8. The summed E-state index contributed by atoms with van der Waals surface area (Å²) in [6.07, 6.45) is 0. The summed E-state index contributed by atoms with van der Waals surface area (Å²) in [6, 6.07) is 5.61. The van der Waals surface area contributed by atoms with E-state index in [0.717, 1.165) is 44.2 Å². The highest BCUT2D eigenvalue weighted by molar-refractivity contribution is 6.39. The van der Waals surface area contributed by atoms with Crippen molar-refractivity contribution < 1.29 is 0 Å². The van der Waals surface area contributed by atoms with Crippen LogP contribution in [0.1, 0.15) is 5.82 Å². The molecule has 1 fully saturated rings. The van der Waals surface area contributed by atoms with E-state index < -0.39 is 0 Å². The van der Waals surface area contributed by atoms with E-state index in [1.165, 1.54) is 4.80 Å². The third-order valence-corrected chi connectivity index (χ3v) is 4.15. The van der Waals surface area contributed by atoms with Crippen molar-refractivity contribution in [2.75, 3.05) is 31.1 Å². The van der Waals surface area contributed by atoms with Crippen molar-refractivity contribution in [3.8, 4) is 0 Å². The van der Waals surface area contributed by atoms with Crippen LogP contribution in [0.5, 0.6) is 0 Å². The zero-order valence-corrected chi connectivity index (χ0v) is 13.2. The van der Waals surface area contributed by atoms with Gasteiger partial charge in [-0.2, -0.15) is 4.80 Å². The Hall–Kier alpha value is -1.37. The van der Waals surface area contributed by atoms with Crippen LogP contribution in [0.2, 0.25) is 10.0 Å². The van der Waals surface area contributed by atoms with E-state index in [0.29, 0.717) is 10.0 Å². The Kier molecular flexibility index (Phi) is 4.28. The SMILES string of the molecule is Cn1nnc(CN2CCN(c3c(Cl)cccc3Cl)CC2)n1. The van der Waals surface area contributed by atoms with Crippen molar-refractivity contribution >= 4 is 28.9 Å². The molecule has 8 heteroatoms. The number of para-hydroxylation sites is 1. The van der Waals surface area contributed by atoms with Gasteiger partial charge in [0.25, 0.3) is 0 Å². The number of hydrogen-bond acceptors (Lipinski definition) is 5. The van der Waals surface area contributed by atoms with Gasteiger partial charge in [-0.3, -0.25) is 4.90 Å². The lowest BCUT2D eigenvalue weighted by Gasteiger charge is -2.36. The van der Waals surface area contributed by atoms with Gasteiger partial charge in [0.2, 0.25) is 0 Å². The summed E-state index contributed by atoms with van der Waals surface area (Å²) in [5.41, 5.74) is 0.929. The quantitative estimate of drug-likeness (QED) is 0.861. The molecule has 2 heterocycles. The van der Waals surface area contributed by atoms with Crippen LogP contribution >= 0.6 is 23.2 Å². The maximum absolute atomic E-state index is 6.26. The van der Waals surface area contributed by atoms with Crippen molar-refractivity contribution in [2.24, 2.45) is 7.05 Å². The average molecular weight is 327 g/mol. The number of benzene rings is 1. The van der Waals surface area contributed by atoms with Gasteiger partial charge < -0.3 is 4.90 Å². The lowest BCUT2D eigenvalue weighted by atomic mass is 10.2. The molecule has 0 bridgehead atoms. The van der Waals surface area contributed by atoms with Gasteiger partial charge in [-0.1, -0.05) is 29.3 Å². The van der Waals surface area contributed by atoms with E-state index in [9.17, 15) is 0 Å². The summed E-state index contributed by atoms with van der Waals surface area (Å²) in [7, 11) is 1.77. The normalized spacial score (nSPS) is 16.4. The Morgan fingerprint density at radius 2 is 1.76 bits per heavy atom. The second kappa shape index (κ2) is 6.17. The van der Waals surface area contributed by atoms with E-state index in [1.54, 1.807) is 7.05 Å². The van der Waals surface area contributed by atoms with Crippen LogP contribution < -0.4 is 4.90 Å². The molecule has 1 saturated heterocycles. The summed E-state index contributed by atoms with van der Waals surface area (Å²) in [5, 5.41) is 13.5.